The van der Waals surface area contributed by atoms with Crippen LogP contribution >= 0.6 is 0 Å². The van der Waals surface area contributed by atoms with Crippen molar-refractivity contribution < 1.29 is 23.1 Å². The molecule has 2 rings (SSSR count). The second kappa shape index (κ2) is 5.88. The number of carboxylic acid groups (broad SMARTS) is 1. The summed E-state index contributed by atoms with van der Waals surface area (Å²) in [6, 6.07) is 5.72. The molecule has 1 heterocycles. The number of aliphatic carboxylic acids is 1. The molecule has 1 aromatic carbocycles. The molecule has 0 saturated heterocycles. The number of alkyl halides is 3. The number of carbonyl (C=O) groups is 1. The van der Waals surface area contributed by atoms with Crippen LogP contribution in [0.15, 0.2) is 42.7 Å². The van der Waals surface area contributed by atoms with E-state index in [4.69, 9.17) is 5.73 Å². The van der Waals surface area contributed by atoms with Crippen molar-refractivity contribution in [1.82, 2.24) is 4.98 Å². The van der Waals surface area contributed by atoms with E-state index >= 15 is 0 Å². The first kappa shape index (κ1) is 15.6. The van der Waals surface area contributed by atoms with Gasteiger partial charge >= 0.3 is 12.1 Å². The Labute approximate surface area is 123 Å². The number of halogens is 3. The summed E-state index contributed by atoms with van der Waals surface area (Å²) in [5.74, 6) is -1.29. The molecule has 0 bridgehead atoms. The number of nitrogen functional groups attached to an aromatic ring is 1. The molecule has 0 unspecified atom stereocenters. The van der Waals surface area contributed by atoms with Gasteiger partial charge in [0, 0.05) is 23.6 Å². The molecule has 22 heavy (non-hydrogen) atoms. The number of aromatic nitrogens is 1. The summed E-state index contributed by atoms with van der Waals surface area (Å²) in [4.78, 5) is 15.2. The maximum atomic E-state index is 12.6. The number of anilines is 1. The molecule has 0 aliphatic heterocycles. The largest absolute Gasteiger partial charge is 0.478 e. The van der Waals surface area contributed by atoms with Crippen molar-refractivity contribution in [2.75, 3.05) is 5.73 Å². The van der Waals surface area contributed by atoms with Crippen LogP contribution in [-0.2, 0) is 11.0 Å². The van der Waals surface area contributed by atoms with Gasteiger partial charge < -0.3 is 10.8 Å². The highest BCUT2D eigenvalue weighted by atomic mass is 19.4. The molecule has 0 aliphatic carbocycles. The molecule has 0 aliphatic rings. The van der Waals surface area contributed by atoms with Gasteiger partial charge in [0.25, 0.3) is 0 Å². The van der Waals surface area contributed by atoms with Crippen LogP contribution < -0.4 is 5.73 Å². The van der Waals surface area contributed by atoms with Crippen LogP contribution in [0.25, 0.3) is 11.6 Å². The van der Waals surface area contributed by atoms with Gasteiger partial charge in [-0.15, -0.1) is 0 Å². The third-order valence-corrected chi connectivity index (χ3v) is 2.92. The van der Waals surface area contributed by atoms with Gasteiger partial charge in [-0.25, -0.2) is 4.79 Å². The van der Waals surface area contributed by atoms with E-state index in [1.807, 2.05) is 0 Å². The number of hydrogen-bond acceptors (Lipinski definition) is 3. The van der Waals surface area contributed by atoms with E-state index in [0.717, 1.165) is 18.2 Å². The van der Waals surface area contributed by atoms with Crippen LogP contribution in [0.2, 0.25) is 0 Å². The third kappa shape index (κ3) is 3.43. The predicted octanol–water partition coefficient (Wildman–Crippen LogP) is 3.31. The van der Waals surface area contributed by atoms with E-state index in [2.05, 4.69) is 4.98 Å². The number of nitrogens with two attached hydrogens (primary N) is 1. The number of carboxylic acids is 1. The molecule has 3 N–H and O–H groups in total. The number of nitrogens with zero attached hydrogens (tertiary/aromatic N) is 1. The standard InChI is InChI=1S/C15H11F3N2O2/c16-15(17,18)10-1-2-11(13(19)8-10)12(14(21)22)7-9-3-5-20-6-4-9/h1-8H,19H2,(H,21,22)/b12-7-. The van der Waals surface area contributed by atoms with Gasteiger partial charge in [0.2, 0.25) is 0 Å². The molecule has 114 valence electrons. The monoisotopic (exact) mass is 308 g/mol. The molecule has 7 heteroatoms. The van der Waals surface area contributed by atoms with Gasteiger partial charge in [0.15, 0.2) is 0 Å². The minimum Gasteiger partial charge on any atom is -0.478 e. The van der Waals surface area contributed by atoms with E-state index in [1.165, 1.54) is 18.5 Å². The fourth-order valence-electron chi connectivity index (χ4n) is 1.87. The van der Waals surface area contributed by atoms with Gasteiger partial charge in [-0.1, -0.05) is 6.07 Å². The van der Waals surface area contributed by atoms with Crippen LogP contribution in [0.4, 0.5) is 18.9 Å². The summed E-state index contributed by atoms with van der Waals surface area (Å²) < 4.78 is 37.8. The van der Waals surface area contributed by atoms with Gasteiger partial charge in [-0.05, 0) is 35.9 Å². The van der Waals surface area contributed by atoms with Crippen molar-refractivity contribution in [2.45, 2.75) is 6.18 Å². The van der Waals surface area contributed by atoms with E-state index < -0.39 is 17.7 Å². The van der Waals surface area contributed by atoms with Crippen molar-refractivity contribution in [3.8, 4) is 0 Å². The van der Waals surface area contributed by atoms with E-state index in [1.54, 1.807) is 12.1 Å². The minimum atomic E-state index is -4.54. The van der Waals surface area contributed by atoms with Crippen LogP contribution in [0.5, 0.6) is 0 Å². The Bertz CT molecular complexity index is 725. The molecule has 0 amide bonds. The average Bonchev–Trinajstić information content (AvgIpc) is 2.45. The summed E-state index contributed by atoms with van der Waals surface area (Å²) >= 11 is 0. The second-order valence-corrected chi connectivity index (χ2v) is 4.44. The lowest BCUT2D eigenvalue weighted by molar-refractivity contribution is -0.137. The molecule has 0 radical (unpaired) electrons. The van der Waals surface area contributed by atoms with Crippen molar-refractivity contribution in [3.63, 3.8) is 0 Å². The summed E-state index contributed by atoms with van der Waals surface area (Å²) in [6.45, 7) is 0. The Morgan fingerprint density at radius 2 is 1.82 bits per heavy atom. The first-order valence-corrected chi connectivity index (χ1v) is 6.11. The van der Waals surface area contributed by atoms with E-state index in [-0.39, 0.29) is 16.8 Å². The van der Waals surface area contributed by atoms with Crippen LogP contribution in [0.3, 0.4) is 0 Å². The molecule has 0 spiro atoms. The lowest BCUT2D eigenvalue weighted by Gasteiger charge is -2.11. The van der Waals surface area contributed by atoms with Crippen molar-refractivity contribution in [1.29, 1.82) is 0 Å². The van der Waals surface area contributed by atoms with Gasteiger partial charge in [-0.2, -0.15) is 13.2 Å². The predicted molar refractivity (Wildman–Crippen MR) is 75.6 cm³/mol. The zero-order chi connectivity index (χ0) is 16.3. The number of hydrogen-bond donors (Lipinski definition) is 2. The Balaban J connectivity index is 2.51. The lowest BCUT2D eigenvalue weighted by Crippen LogP contribution is -2.08. The summed E-state index contributed by atoms with van der Waals surface area (Å²) in [5, 5.41) is 9.28. The Morgan fingerprint density at radius 1 is 1.18 bits per heavy atom. The zero-order valence-corrected chi connectivity index (χ0v) is 11.1. The minimum absolute atomic E-state index is 0.0253. The Kier molecular flexibility index (Phi) is 4.16. The molecule has 4 nitrogen and oxygen atoms in total. The average molecular weight is 308 g/mol. The first-order valence-electron chi connectivity index (χ1n) is 6.11. The van der Waals surface area contributed by atoms with Gasteiger partial charge in [-0.3, -0.25) is 4.98 Å². The zero-order valence-electron chi connectivity index (χ0n) is 11.1. The Morgan fingerprint density at radius 3 is 2.32 bits per heavy atom. The summed E-state index contributed by atoms with van der Waals surface area (Å²) in [7, 11) is 0. The maximum Gasteiger partial charge on any atom is 0.416 e. The van der Waals surface area contributed by atoms with E-state index in [0.29, 0.717) is 5.56 Å². The van der Waals surface area contributed by atoms with Crippen LogP contribution in [-0.4, -0.2) is 16.1 Å². The van der Waals surface area contributed by atoms with Gasteiger partial charge in [0.1, 0.15) is 0 Å². The first-order chi connectivity index (χ1) is 10.3. The number of rotatable bonds is 3. The molecule has 0 atom stereocenters. The van der Waals surface area contributed by atoms with Crippen molar-refractivity contribution in [2.24, 2.45) is 0 Å². The molecule has 0 fully saturated rings. The van der Waals surface area contributed by atoms with E-state index in [9.17, 15) is 23.1 Å². The Hall–Kier alpha value is -2.83. The number of benzene rings is 1. The SMILES string of the molecule is Nc1cc(C(F)(F)F)ccc1/C(=C/c1ccncc1)C(=O)O. The van der Waals surface area contributed by atoms with Crippen LogP contribution in [0, 0.1) is 0 Å². The van der Waals surface area contributed by atoms with Gasteiger partial charge in [0.05, 0.1) is 11.1 Å². The van der Waals surface area contributed by atoms with Crippen LogP contribution in [0.1, 0.15) is 16.7 Å². The van der Waals surface area contributed by atoms with Crippen molar-refractivity contribution >= 4 is 23.3 Å². The molecule has 1 aromatic heterocycles. The molecule has 2 aromatic rings. The highest BCUT2D eigenvalue weighted by molar-refractivity contribution is 6.22. The lowest BCUT2D eigenvalue weighted by atomic mass is 9.99. The highest BCUT2D eigenvalue weighted by Crippen LogP contribution is 2.33. The quantitative estimate of drug-likeness (QED) is 0.674. The highest BCUT2D eigenvalue weighted by Gasteiger charge is 2.31. The summed E-state index contributed by atoms with van der Waals surface area (Å²) in [5.41, 5.74) is 4.79. The topological polar surface area (TPSA) is 76.2 Å². The normalized spacial score (nSPS) is 12.2. The second-order valence-electron chi connectivity index (χ2n) is 4.44. The van der Waals surface area contributed by atoms with Crippen molar-refractivity contribution in [3.05, 3.63) is 59.4 Å². The molecule has 0 saturated carbocycles. The molecular formula is C15H11F3N2O2. The summed E-state index contributed by atoms with van der Waals surface area (Å²) in [6.07, 6.45) is -0.267. The third-order valence-electron chi connectivity index (χ3n) is 2.92. The molecular weight excluding hydrogens is 297 g/mol. The smallest absolute Gasteiger partial charge is 0.416 e. The number of pyridine rings is 1. The maximum absolute atomic E-state index is 12.6. The fourth-order valence-corrected chi connectivity index (χ4v) is 1.87. The fraction of sp³-hybridized carbons (Fsp3) is 0.0667.